The molecule has 42 heavy (non-hydrogen) atoms. The van der Waals surface area contributed by atoms with Gasteiger partial charge in [-0.15, -0.1) is 0 Å². The van der Waals surface area contributed by atoms with Gasteiger partial charge in [0.1, 0.15) is 5.82 Å². The Bertz CT molecular complexity index is 1860. The van der Waals surface area contributed by atoms with Gasteiger partial charge in [0.15, 0.2) is 0 Å². The summed E-state index contributed by atoms with van der Waals surface area (Å²) in [6, 6.07) is 17.7. The van der Waals surface area contributed by atoms with E-state index in [0.29, 0.717) is 11.5 Å². The lowest BCUT2D eigenvalue weighted by atomic mass is 9.76. The Labute approximate surface area is 243 Å². The Morgan fingerprint density at radius 1 is 1.07 bits per heavy atom. The van der Waals surface area contributed by atoms with Gasteiger partial charge in [0.05, 0.1) is 28.0 Å². The van der Waals surface area contributed by atoms with E-state index in [1.807, 2.05) is 48.7 Å². The van der Waals surface area contributed by atoms with Crippen LogP contribution in [0.5, 0.6) is 0 Å². The first-order valence-electron chi connectivity index (χ1n) is 14.7. The van der Waals surface area contributed by atoms with Crippen molar-refractivity contribution in [2.75, 3.05) is 0 Å². The first kappa shape index (κ1) is 26.2. The van der Waals surface area contributed by atoms with Crippen LogP contribution >= 0.6 is 0 Å². The predicted octanol–water partition coefficient (Wildman–Crippen LogP) is 6.68. The summed E-state index contributed by atoms with van der Waals surface area (Å²) in [5, 5.41) is 13.5. The molecule has 3 aromatic heterocycles. The molecule has 0 saturated heterocycles. The number of nitrogens with zero attached hydrogens (tertiary/aromatic N) is 3. The summed E-state index contributed by atoms with van der Waals surface area (Å²) in [5.41, 5.74) is 6.92. The fourth-order valence-electron chi connectivity index (χ4n) is 6.81. The molecular formula is C34H33N5O3. The number of carboxylic acids is 1. The van der Waals surface area contributed by atoms with Gasteiger partial charge in [-0.05, 0) is 91.6 Å². The molecule has 0 spiro atoms. The molecule has 8 nitrogen and oxygen atoms in total. The number of fused-ring (bicyclic) bond motifs is 2. The van der Waals surface area contributed by atoms with Crippen LogP contribution in [-0.4, -0.2) is 36.5 Å². The smallest absolute Gasteiger partial charge is 0.328 e. The number of aromatic nitrogens is 4. The summed E-state index contributed by atoms with van der Waals surface area (Å²) in [6.07, 6.45) is 12.0. The van der Waals surface area contributed by atoms with E-state index < -0.39 is 11.5 Å². The zero-order chi connectivity index (χ0) is 28.8. The van der Waals surface area contributed by atoms with Crippen LogP contribution < -0.4 is 5.32 Å². The highest BCUT2D eigenvalue weighted by atomic mass is 16.4. The number of aryl methyl sites for hydroxylation is 1. The number of amides is 1. The van der Waals surface area contributed by atoms with Gasteiger partial charge in [0.25, 0.3) is 5.91 Å². The molecule has 2 fully saturated rings. The molecule has 212 valence electrons. The molecule has 0 unspecified atom stereocenters. The second-order valence-corrected chi connectivity index (χ2v) is 11.7. The van der Waals surface area contributed by atoms with Crippen LogP contribution in [0.1, 0.15) is 78.2 Å². The summed E-state index contributed by atoms with van der Waals surface area (Å²) >= 11 is 0. The third kappa shape index (κ3) is 4.47. The average molecular weight is 560 g/mol. The zero-order valence-electron chi connectivity index (χ0n) is 23.6. The normalized spacial score (nSPS) is 16.8. The van der Waals surface area contributed by atoms with E-state index in [2.05, 4.69) is 34.0 Å². The second-order valence-electron chi connectivity index (χ2n) is 11.7. The maximum atomic E-state index is 13.8. The average Bonchev–Trinajstić information content (AvgIpc) is 3.72. The Morgan fingerprint density at radius 2 is 1.90 bits per heavy atom. The highest BCUT2D eigenvalue weighted by Crippen LogP contribution is 2.45. The second kappa shape index (κ2) is 10.3. The van der Waals surface area contributed by atoms with E-state index in [0.717, 1.165) is 64.7 Å². The maximum absolute atomic E-state index is 13.8. The van der Waals surface area contributed by atoms with Crippen LogP contribution in [0.25, 0.3) is 39.4 Å². The van der Waals surface area contributed by atoms with Crippen molar-refractivity contribution < 1.29 is 14.7 Å². The lowest BCUT2D eigenvalue weighted by Gasteiger charge is -2.40. The Hall–Kier alpha value is -4.72. The predicted molar refractivity (Wildman–Crippen MR) is 163 cm³/mol. The molecule has 3 heterocycles. The fraction of sp³-hybridized carbons (Fsp3) is 0.294. The van der Waals surface area contributed by atoms with E-state index in [4.69, 9.17) is 15.1 Å². The van der Waals surface area contributed by atoms with Crippen LogP contribution in [0.3, 0.4) is 0 Å². The summed E-state index contributed by atoms with van der Waals surface area (Å²) in [6.45, 7) is 0. The summed E-state index contributed by atoms with van der Waals surface area (Å²) in [4.78, 5) is 37.6. The number of carbonyl (C=O) groups is 2. The van der Waals surface area contributed by atoms with E-state index in [9.17, 15) is 9.59 Å². The standard InChI is InChI=1S/C34H33N5O3/c1-39-28-20-23(12-13-24(28)30(22-7-2-3-8-22)31(39)26-9-4-5-18-35-26)32(42)38-34(16-6-17-34)33-36-25-14-10-21(11-15-29(40)41)19-27(25)37-33/h4-5,9-15,18-20,22H,2-3,6-8,16-17H2,1H3,(H,36,37)(H,38,42)(H,40,41)/b15-11+. The summed E-state index contributed by atoms with van der Waals surface area (Å²) in [7, 11) is 2.08. The first-order valence-corrected chi connectivity index (χ1v) is 14.7. The van der Waals surface area contributed by atoms with E-state index >= 15 is 0 Å². The van der Waals surface area contributed by atoms with Crippen molar-refractivity contribution >= 4 is 39.9 Å². The molecular weight excluding hydrogens is 526 g/mol. The third-order valence-corrected chi connectivity index (χ3v) is 9.11. The summed E-state index contributed by atoms with van der Waals surface area (Å²) < 4.78 is 2.21. The van der Waals surface area contributed by atoms with Crippen LogP contribution in [0.4, 0.5) is 0 Å². The van der Waals surface area contributed by atoms with Gasteiger partial charge in [0.2, 0.25) is 0 Å². The van der Waals surface area contributed by atoms with Gasteiger partial charge in [0, 0.05) is 35.8 Å². The van der Waals surface area contributed by atoms with Crippen molar-refractivity contribution in [2.45, 2.75) is 56.4 Å². The largest absolute Gasteiger partial charge is 0.478 e. The Balaban J connectivity index is 1.22. The fourth-order valence-corrected chi connectivity index (χ4v) is 6.81. The SMILES string of the molecule is Cn1c(-c2ccccn2)c(C2CCCC2)c2ccc(C(=O)NC3(c4nc5ccc(/C=C/C(=O)O)cc5[nH]4)CCC3)cc21. The lowest BCUT2D eigenvalue weighted by Crippen LogP contribution is -2.51. The molecule has 2 aromatic carbocycles. The van der Waals surface area contributed by atoms with Crippen molar-refractivity contribution in [1.82, 2.24) is 24.8 Å². The number of aliphatic carboxylic acids is 1. The molecule has 1 amide bonds. The minimum atomic E-state index is -0.993. The number of carbonyl (C=O) groups excluding carboxylic acids is 1. The van der Waals surface area contributed by atoms with Gasteiger partial charge < -0.3 is 20.0 Å². The number of H-pyrrole nitrogens is 1. The Morgan fingerprint density at radius 3 is 2.62 bits per heavy atom. The maximum Gasteiger partial charge on any atom is 0.328 e. The van der Waals surface area contributed by atoms with Crippen LogP contribution in [0.2, 0.25) is 0 Å². The lowest BCUT2D eigenvalue weighted by molar-refractivity contribution is -0.131. The molecule has 2 aliphatic carbocycles. The number of benzene rings is 2. The molecule has 0 radical (unpaired) electrons. The van der Waals surface area contributed by atoms with E-state index in [1.165, 1.54) is 36.6 Å². The molecule has 0 bridgehead atoms. The van der Waals surface area contributed by atoms with Crippen LogP contribution in [-0.2, 0) is 17.4 Å². The quantitative estimate of drug-likeness (QED) is 0.193. The molecule has 2 aliphatic rings. The number of pyridine rings is 1. The van der Waals surface area contributed by atoms with Crippen molar-refractivity contribution in [2.24, 2.45) is 7.05 Å². The Kier molecular flexibility index (Phi) is 6.41. The number of hydrogen-bond acceptors (Lipinski definition) is 4. The number of carboxylic acid groups (broad SMARTS) is 1. The van der Waals surface area contributed by atoms with E-state index in [1.54, 1.807) is 6.08 Å². The van der Waals surface area contributed by atoms with Gasteiger partial charge in [-0.1, -0.05) is 31.0 Å². The number of rotatable bonds is 7. The van der Waals surface area contributed by atoms with Gasteiger partial charge in [-0.3, -0.25) is 9.78 Å². The number of nitrogens with one attached hydrogen (secondary N) is 2. The molecule has 5 aromatic rings. The van der Waals surface area contributed by atoms with E-state index in [-0.39, 0.29) is 5.91 Å². The van der Waals surface area contributed by atoms with Crippen LogP contribution in [0.15, 0.2) is 66.9 Å². The third-order valence-electron chi connectivity index (χ3n) is 9.11. The number of aromatic amines is 1. The van der Waals surface area contributed by atoms with Crippen LogP contribution in [0, 0.1) is 0 Å². The van der Waals surface area contributed by atoms with Crippen molar-refractivity contribution in [3.8, 4) is 11.4 Å². The molecule has 3 N–H and O–H groups in total. The highest BCUT2D eigenvalue weighted by molar-refractivity contribution is 6.01. The van der Waals surface area contributed by atoms with Gasteiger partial charge in [-0.2, -0.15) is 0 Å². The molecule has 0 aliphatic heterocycles. The van der Waals surface area contributed by atoms with Gasteiger partial charge in [-0.25, -0.2) is 9.78 Å². The molecule has 2 saturated carbocycles. The zero-order valence-corrected chi connectivity index (χ0v) is 23.6. The van der Waals surface area contributed by atoms with Crippen molar-refractivity contribution in [3.63, 3.8) is 0 Å². The minimum Gasteiger partial charge on any atom is -0.478 e. The van der Waals surface area contributed by atoms with Crippen molar-refractivity contribution in [3.05, 3.63) is 89.4 Å². The van der Waals surface area contributed by atoms with Gasteiger partial charge >= 0.3 is 5.97 Å². The van der Waals surface area contributed by atoms with Crippen molar-refractivity contribution in [1.29, 1.82) is 0 Å². The topological polar surface area (TPSA) is 113 Å². The highest BCUT2D eigenvalue weighted by Gasteiger charge is 2.43. The number of hydrogen-bond donors (Lipinski definition) is 3. The molecule has 7 rings (SSSR count). The minimum absolute atomic E-state index is 0.120. The number of imidazole rings is 1. The summed E-state index contributed by atoms with van der Waals surface area (Å²) in [5.74, 6) is 0.118. The monoisotopic (exact) mass is 559 g/mol. The molecule has 0 atom stereocenters. The first-order chi connectivity index (χ1) is 20.4. The molecule has 8 heteroatoms.